The summed E-state index contributed by atoms with van der Waals surface area (Å²) < 4.78 is 8.40. The first-order chi connectivity index (χ1) is 27.6. The van der Waals surface area contributed by atoms with Crippen LogP contribution in [-0.4, -0.2) is 76.2 Å². The van der Waals surface area contributed by atoms with E-state index in [-0.39, 0.29) is 30.3 Å². The summed E-state index contributed by atoms with van der Waals surface area (Å²) in [6.07, 6.45) is 13.8. The fourth-order valence-corrected chi connectivity index (χ4v) is 11.9. The lowest BCUT2D eigenvalue weighted by molar-refractivity contribution is -0.504. The fourth-order valence-electron chi connectivity index (χ4n) is 8.84. The van der Waals surface area contributed by atoms with Gasteiger partial charge in [0.25, 0.3) is 0 Å². The number of nitrogens with one attached hydrogen (secondary N) is 1. The van der Waals surface area contributed by atoms with E-state index in [2.05, 4.69) is 78.9 Å². The number of nitrogen functional groups attached to an aromatic ring is 1. The van der Waals surface area contributed by atoms with Crippen molar-refractivity contribution < 1.29 is 24.0 Å². The fraction of sp³-hybridized carbons (Fsp3) is 0.289. The first-order valence-corrected chi connectivity index (χ1v) is 22.9. The first-order valence-electron chi connectivity index (χ1n) is 19.9. The van der Waals surface area contributed by atoms with E-state index >= 15 is 0 Å². The Balaban J connectivity index is 1.02. The van der Waals surface area contributed by atoms with Crippen LogP contribution in [0.25, 0.3) is 16.7 Å². The van der Waals surface area contributed by atoms with Crippen molar-refractivity contribution >= 4 is 59.1 Å². The Morgan fingerprint density at radius 2 is 1.70 bits per heavy atom. The van der Waals surface area contributed by atoms with Gasteiger partial charge >= 0.3 is 0 Å². The minimum Gasteiger partial charge on any atom is -0.545 e. The Morgan fingerprint density at radius 3 is 2.47 bits per heavy atom. The molecule has 3 N–H and O–H groups in total. The lowest BCUT2D eigenvalue weighted by atomic mass is 9.85. The number of imidazole rings is 1. The predicted octanol–water partition coefficient (Wildman–Crippen LogP) is 5.31. The van der Waals surface area contributed by atoms with Gasteiger partial charge in [0.1, 0.15) is 33.3 Å². The standard InChI is InChI=1S/C45H45N7O4Si/c1-57(2)38-24-31(51-19-3-4-20-51)13-16-34(38)40(35-17-14-32(25-39(35)57)52-21-5-6-22-52)36-23-30(12-15-33(36)44(54)55)37(53)18-11-28-7-9-29(10-8-28)26-56-43-41-42(48-27-47-41)49-45(46)50-43/h7-10,12-17,23-25,27H,3-6,11,18-22,26H2,1-2H3,(H3-,46,47,48,49,50,54,55). The van der Waals surface area contributed by atoms with E-state index in [9.17, 15) is 14.7 Å². The number of Topliss-reactive ketones (excluding diaryl/α,β-unsaturated/α-hetero) is 1. The zero-order valence-corrected chi connectivity index (χ0v) is 33.3. The van der Waals surface area contributed by atoms with Crippen molar-refractivity contribution in [2.75, 3.05) is 36.8 Å². The number of carboxylic acids is 1. The van der Waals surface area contributed by atoms with Crippen LogP contribution in [0.2, 0.25) is 13.1 Å². The number of carbonyl (C=O) groups excluding carboxylic acids is 2. The number of aromatic nitrogens is 4. The summed E-state index contributed by atoms with van der Waals surface area (Å²) in [6.45, 7) is 9.26. The van der Waals surface area contributed by atoms with Gasteiger partial charge in [-0.3, -0.25) is 4.79 Å². The Morgan fingerprint density at radius 1 is 0.930 bits per heavy atom. The number of hydrogen-bond acceptors (Lipinski definition) is 9. The van der Waals surface area contributed by atoms with Crippen LogP contribution in [0.4, 0.5) is 11.6 Å². The van der Waals surface area contributed by atoms with Crippen LogP contribution < -0.4 is 25.7 Å². The van der Waals surface area contributed by atoms with Gasteiger partial charge in [0, 0.05) is 61.3 Å². The molecular weight excluding hydrogens is 731 g/mol. The molecular formula is C45H45N7O4Si. The number of aromatic amines is 1. The molecule has 1 aliphatic carbocycles. The summed E-state index contributed by atoms with van der Waals surface area (Å²) in [5.41, 5.74) is 15.3. The largest absolute Gasteiger partial charge is 0.545 e. The van der Waals surface area contributed by atoms with E-state index in [1.807, 2.05) is 24.3 Å². The van der Waals surface area contributed by atoms with Crippen LogP contribution in [0.5, 0.6) is 5.88 Å². The van der Waals surface area contributed by atoms with E-state index in [1.165, 1.54) is 53.8 Å². The van der Waals surface area contributed by atoms with Crippen LogP contribution in [0.15, 0.2) is 96.0 Å². The summed E-state index contributed by atoms with van der Waals surface area (Å²) in [4.78, 5) is 44.6. The Kier molecular flexibility index (Phi) is 9.44. The van der Waals surface area contributed by atoms with Crippen molar-refractivity contribution in [2.45, 2.75) is 58.2 Å². The van der Waals surface area contributed by atoms with E-state index < -0.39 is 14.0 Å². The van der Waals surface area contributed by atoms with Crippen molar-refractivity contribution in [3.8, 4) is 5.88 Å². The molecule has 3 aliphatic heterocycles. The number of nitrogens with two attached hydrogens (primary N) is 1. The molecule has 2 aromatic heterocycles. The topological polar surface area (TPSA) is 153 Å². The molecule has 5 heterocycles. The summed E-state index contributed by atoms with van der Waals surface area (Å²) in [7, 11) is -2.27. The molecule has 11 nitrogen and oxygen atoms in total. The second-order valence-electron chi connectivity index (χ2n) is 15.9. The average Bonchev–Trinajstić information content (AvgIpc) is 4.04. The number of hydrogen-bond donors (Lipinski definition) is 2. The minimum atomic E-state index is -2.27. The molecule has 3 aromatic carbocycles. The number of nitrogens with zero attached hydrogens (tertiary/aromatic N) is 5. The molecule has 2 fully saturated rings. The normalized spacial score (nSPS) is 17.2. The van der Waals surface area contributed by atoms with Crippen LogP contribution in [0.3, 0.4) is 0 Å². The van der Waals surface area contributed by atoms with Crippen LogP contribution in [0.1, 0.15) is 75.1 Å². The van der Waals surface area contributed by atoms with Crippen molar-refractivity contribution in [1.29, 1.82) is 0 Å². The highest BCUT2D eigenvalue weighted by Gasteiger charge is 2.41. The van der Waals surface area contributed by atoms with Gasteiger partial charge in [-0.25, -0.2) is 9.56 Å². The third-order valence-corrected chi connectivity index (χ3v) is 15.5. The maximum Gasteiger partial charge on any atom is 0.245 e. The lowest BCUT2D eigenvalue weighted by Gasteiger charge is -2.38. The zero-order chi connectivity index (χ0) is 39.3. The van der Waals surface area contributed by atoms with Gasteiger partial charge in [0.15, 0.2) is 17.1 Å². The van der Waals surface area contributed by atoms with Gasteiger partial charge < -0.3 is 30.3 Å². The van der Waals surface area contributed by atoms with E-state index in [0.29, 0.717) is 34.6 Å². The highest BCUT2D eigenvalue weighted by atomic mass is 28.3. The monoisotopic (exact) mass is 775 g/mol. The Bertz CT molecular complexity index is 2570. The summed E-state index contributed by atoms with van der Waals surface area (Å²) in [5.74, 6) is -0.901. The van der Waals surface area contributed by atoms with Gasteiger partial charge in [-0.2, -0.15) is 9.97 Å². The number of rotatable bonds is 10. The molecule has 12 heteroatoms. The molecule has 5 aromatic rings. The molecule has 0 saturated carbocycles. The SMILES string of the molecule is C[Si]1(C)C2=CC(=[N+]3CCCC3)C=CC2=C(c2cc(C(=O)CCc3ccc(COc4nc(N)nc5nc[nH]c45)cc3)ccc2C(=O)[O-])c2ccc(N3CCCC3)cc21. The Hall–Kier alpha value is -6.14. The van der Waals surface area contributed by atoms with E-state index in [4.69, 9.17) is 10.5 Å². The number of anilines is 2. The number of H-pyrrole nitrogens is 1. The number of aromatic carboxylic acids is 1. The number of carboxylic acid groups (broad SMARTS) is 1. The zero-order valence-electron chi connectivity index (χ0n) is 32.3. The third-order valence-electron chi connectivity index (χ3n) is 12.0. The summed E-state index contributed by atoms with van der Waals surface area (Å²) >= 11 is 0. The molecule has 9 rings (SSSR count). The summed E-state index contributed by atoms with van der Waals surface area (Å²) in [6, 6.07) is 19.6. The number of carbonyl (C=O) groups is 2. The highest BCUT2D eigenvalue weighted by molar-refractivity contribution is 6.98. The third kappa shape index (κ3) is 6.88. The van der Waals surface area contributed by atoms with E-state index in [0.717, 1.165) is 54.0 Å². The van der Waals surface area contributed by atoms with Gasteiger partial charge in [0.05, 0.1) is 12.3 Å². The minimum absolute atomic E-state index is 0.0567. The molecule has 0 unspecified atom stereocenters. The van der Waals surface area contributed by atoms with Gasteiger partial charge in [-0.1, -0.05) is 55.6 Å². The highest BCUT2D eigenvalue weighted by Crippen LogP contribution is 2.43. The van der Waals surface area contributed by atoms with Crippen molar-refractivity contribution in [2.24, 2.45) is 0 Å². The number of ether oxygens (including phenoxy) is 1. The molecule has 0 atom stereocenters. The average molecular weight is 776 g/mol. The van der Waals surface area contributed by atoms with Crippen LogP contribution >= 0.6 is 0 Å². The number of allylic oxidation sites excluding steroid dienone is 5. The molecule has 2 saturated heterocycles. The maximum absolute atomic E-state index is 13.9. The molecule has 0 amide bonds. The molecule has 0 bridgehead atoms. The van der Waals surface area contributed by atoms with Gasteiger partial charge in [-0.15, -0.1) is 0 Å². The Labute approximate surface area is 332 Å². The van der Waals surface area contributed by atoms with Crippen LogP contribution in [0, 0.1) is 0 Å². The number of fused-ring (bicyclic) bond motifs is 3. The van der Waals surface area contributed by atoms with Crippen molar-refractivity contribution in [1.82, 2.24) is 19.9 Å². The smallest absolute Gasteiger partial charge is 0.245 e. The first kappa shape index (κ1) is 36.5. The number of benzene rings is 3. The number of aryl methyl sites for hydroxylation is 1. The van der Waals surface area contributed by atoms with Crippen molar-refractivity contribution in [3.63, 3.8) is 0 Å². The second kappa shape index (κ2) is 14.7. The van der Waals surface area contributed by atoms with E-state index in [1.54, 1.807) is 18.2 Å². The second-order valence-corrected chi connectivity index (χ2v) is 20.2. The quantitative estimate of drug-likeness (QED) is 0.109. The van der Waals surface area contributed by atoms with Gasteiger partial charge in [-0.05, 0) is 87.3 Å². The molecule has 288 valence electrons. The molecule has 4 aliphatic rings. The maximum atomic E-state index is 13.9. The summed E-state index contributed by atoms with van der Waals surface area (Å²) in [5, 5.41) is 15.4. The van der Waals surface area contributed by atoms with Crippen molar-refractivity contribution in [3.05, 3.63) is 129 Å². The molecule has 0 radical (unpaired) electrons. The lowest BCUT2D eigenvalue weighted by Crippen LogP contribution is -2.50. The predicted molar refractivity (Wildman–Crippen MR) is 223 cm³/mol. The molecule has 57 heavy (non-hydrogen) atoms. The molecule has 0 spiro atoms. The number of ketones is 1. The van der Waals surface area contributed by atoms with Crippen LogP contribution in [-0.2, 0) is 13.0 Å². The van der Waals surface area contributed by atoms with Gasteiger partial charge in [0.2, 0.25) is 11.8 Å².